The maximum Gasteiger partial charge on any atom is 0.306 e. The monoisotopic (exact) mass is 497 g/mol. The Kier molecular flexibility index (Phi) is 18.3. The third kappa shape index (κ3) is 16.4. The minimum Gasteiger partial charge on any atom is -0.550 e. The fourth-order valence-electron chi connectivity index (χ4n) is 4.26. The molecule has 0 aliphatic heterocycles. The van der Waals surface area contributed by atoms with Crippen molar-refractivity contribution >= 4 is 17.9 Å². The van der Waals surface area contributed by atoms with Gasteiger partial charge in [-0.3, -0.25) is 9.59 Å². The zero-order valence-corrected chi connectivity index (χ0v) is 22.7. The lowest BCUT2D eigenvalue weighted by Crippen LogP contribution is -2.52. The Morgan fingerprint density at radius 3 is 1.57 bits per heavy atom. The molecule has 0 saturated heterocycles. The van der Waals surface area contributed by atoms with Gasteiger partial charge in [0, 0.05) is 37.6 Å². The average Bonchev–Trinajstić information content (AvgIpc) is 2.82. The number of rotatable bonds is 23. The fraction of sp³-hybridized carbons (Fsp3) is 0.821. The van der Waals surface area contributed by atoms with Crippen LogP contribution >= 0.6 is 0 Å². The second-order valence-electron chi connectivity index (χ2n) is 10.5. The summed E-state index contributed by atoms with van der Waals surface area (Å²) in [6.07, 6.45) is 16.4. The van der Waals surface area contributed by atoms with Crippen molar-refractivity contribution in [3.63, 3.8) is 0 Å². The van der Waals surface area contributed by atoms with Crippen molar-refractivity contribution in [2.24, 2.45) is 17.8 Å². The molecule has 204 valence electrons. The predicted octanol–water partition coefficient (Wildman–Crippen LogP) is 4.89. The lowest BCUT2D eigenvalue weighted by molar-refractivity contribution is -0.929. The maximum atomic E-state index is 11.4. The SMILES string of the molecule is CCCCCCCC/C=C/CCC[N+](CCC(C)C(=O)[O-])(CCC(C)C(=O)O)CCC(C)C(=O)O. The van der Waals surface area contributed by atoms with E-state index >= 15 is 0 Å². The summed E-state index contributed by atoms with van der Waals surface area (Å²) in [5.41, 5.74) is 0. The zero-order valence-electron chi connectivity index (χ0n) is 22.7. The highest BCUT2D eigenvalue weighted by molar-refractivity contribution is 5.69. The molecule has 0 aromatic carbocycles. The molecule has 3 unspecified atom stereocenters. The number of hydrogen-bond donors (Lipinski definition) is 2. The Bertz CT molecular complexity index is 573. The van der Waals surface area contributed by atoms with E-state index in [2.05, 4.69) is 19.1 Å². The Morgan fingerprint density at radius 2 is 1.11 bits per heavy atom. The van der Waals surface area contributed by atoms with Crippen LogP contribution in [0.1, 0.15) is 105 Å². The van der Waals surface area contributed by atoms with E-state index in [-0.39, 0.29) is 0 Å². The smallest absolute Gasteiger partial charge is 0.306 e. The van der Waals surface area contributed by atoms with Crippen LogP contribution in [-0.4, -0.2) is 58.8 Å². The van der Waals surface area contributed by atoms with E-state index in [1.165, 1.54) is 38.5 Å². The molecule has 0 radical (unpaired) electrons. The first-order valence-corrected chi connectivity index (χ1v) is 13.7. The molecule has 7 heteroatoms. The van der Waals surface area contributed by atoms with Crippen molar-refractivity contribution in [3.05, 3.63) is 12.2 Å². The number of carbonyl (C=O) groups is 3. The topological polar surface area (TPSA) is 115 Å². The maximum absolute atomic E-state index is 11.4. The zero-order chi connectivity index (χ0) is 26.7. The molecule has 0 saturated carbocycles. The van der Waals surface area contributed by atoms with Gasteiger partial charge in [-0.25, -0.2) is 0 Å². The van der Waals surface area contributed by atoms with Gasteiger partial charge >= 0.3 is 11.9 Å². The standard InChI is InChI=1S/C28H51NO6/c1-5-6-7-8-9-10-11-12-13-14-15-19-29(20-16-23(2)26(30)31,21-17-24(3)27(32)33)22-18-25(4)28(34)35/h12-13,23-25H,5-11,14-22H2,1-4H3,(H2-,30,31,32,33,34,35)/b13-12+. The molecule has 0 aromatic rings. The molecule has 0 fully saturated rings. The van der Waals surface area contributed by atoms with E-state index in [1.807, 2.05) is 0 Å². The van der Waals surface area contributed by atoms with Gasteiger partial charge in [-0.2, -0.15) is 0 Å². The summed E-state index contributed by atoms with van der Waals surface area (Å²) in [6.45, 7) is 9.78. The molecule has 0 aliphatic rings. The molecule has 0 amide bonds. The lowest BCUT2D eigenvalue weighted by Gasteiger charge is -2.41. The first-order valence-electron chi connectivity index (χ1n) is 13.7. The summed E-state index contributed by atoms with van der Waals surface area (Å²) in [4.78, 5) is 34.1. The largest absolute Gasteiger partial charge is 0.550 e. The van der Waals surface area contributed by atoms with Gasteiger partial charge in [0.15, 0.2) is 0 Å². The molecule has 0 aliphatic carbocycles. The molecular weight excluding hydrogens is 446 g/mol. The highest BCUT2D eigenvalue weighted by Gasteiger charge is 2.30. The summed E-state index contributed by atoms with van der Waals surface area (Å²) in [5.74, 6) is -4.37. The minimum absolute atomic E-state index is 0.430. The molecule has 0 bridgehead atoms. The molecule has 0 spiro atoms. The highest BCUT2D eigenvalue weighted by Crippen LogP contribution is 2.21. The first-order chi connectivity index (χ1) is 16.5. The van der Waals surface area contributed by atoms with Crippen LogP contribution in [0.3, 0.4) is 0 Å². The van der Waals surface area contributed by atoms with Gasteiger partial charge in [-0.05, 0) is 19.3 Å². The van der Waals surface area contributed by atoms with Crippen molar-refractivity contribution < 1.29 is 34.2 Å². The molecule has 35 heavy (non-hydrogen) atoms. The molecule has 0 rings (SSSR count). The molecule has 0 heterocycles. The fourth-order valence-corrected chi connectivity index (χ4v) is 4.26. The number of unbranched alkanes of at least 4 members (excludes halogenated alkanes) is 7. The Labute approximate surface area is 213 Å². The van der Waals surface area contributed by atoms with Crippen LogP contribution < -0.4 is 5.11 Å². The van der Waals surface area contributed by atoms with Crippen molar-refractivity contribution in [1.29, 1.82) is 0 Å². The van der Waals surface area contributed by atoms with Gasteiger partial charge in [-0.15, -0.1) is 0 Å². The van der Waals surface area contributed by atoms with Crippen LogP contribution in [0.25, 0.3) is 0 Å². The van der Waals surface area contributed by atoms with E-state index in [9.17, 15) is 29.7 Å². The Hall–Kier alpha value is -1.89. The number of quaternary nitrogens is 1. The second-order valence-corrected chi connectivity index (χ2v) is 10.5. The number of nitrogens with zero attached hydrogens (tertiary/aromatic N) is 1. The normalized spacial score (nSPS) is 16.0. The van der Waals surface area contributed by atoms with E-state index in [0.717, 1.165) is 25.8 Å². The van der Waals surface area contributed by atoms with E-state index in [1.54, 1.807) is 20.8 Å². The van der Waals surface area contributed by atoms with Gasteiger partial charge in [0.25, 0.3) is 0 Å². The Morgan fingerprint density at radius 1 is 0.686 bits per heavy atom. The average molecular weight is 498 g/mol. The molecule has 2 N–H and O–H groups in total. The molecular formula is C28H51NO6. The lowest BCUT2D eigenvalue weighted by atomic mass is 10.0. The summed E-state index contributed by atoms with van der Waals surface area (Å²) in [6, 6.07) is 0. The van der Waals surface area contributed by atoms with Gasteiger partial charge in [0.1, 0.15) is 0 Å². The number of aliphatic carboxylic acids is 3. The quantitative estimate of drug-likeness (QED) is 0.118. The number of allylic oxidation sites excluding steroid dienone is 2. The predicted molar refractivity (Wildman–Crippen MR) is 138 cm³/mol. The molecule has 7 nitrogen and oxygen atoms in total. The van der Waals surface area contributed by atoms with Gasteiger partial charge in [-0.1, -0.05) is 72.0 Å². The van der Waals surface area contributed by atoms with Crippen LogP contribution in [0.15, 0.2) is 12.2 Å². The van der Waals surface area contributed by atoms with E-state index in [0.29, 0.717) is 43.4 Å². The van der Waals surface area contributed by atoms with Gasteiger partial charge in [0.2, 0.25) is 0 Å². The van der Waals surface area contributed by atoms with Crippen molar-refractivity contribution in [2.45, 2.75) is 105 Å². The van der Waals surface area contributed by atoms with Crippen LogP contribution in [-0.2, 0) is 14.4 Å². The number of carboxylic acids is 3. The Balaban J connectivity index is 5.09. The van der Waals surface area contributed by atoms with Crippen LogP contribution in [0.4, 0.5) is 0 Å². The van der Waals surface area contributed by atoms with Crippen molar-refractivity contribution in [2.75, 3.05) is 26.2 Å². The van der Waals surface area contributed by atoms with E-state index < -0.39 is 35.7 Å². The summed E-state index contributed by atoms with van der Waals surface area (Å²) >= 11 is 0. The third-order valence-electron chi connectivity index (χ3n) is 7.25. The number of hydrogen-bond acceptors (Lipinski definition) is 4. The third-order valence-corrected chi connectivity index (χ3v) is 7.25. The summed E-state index contributed by atoms with van der Waals surface area (Å²) in [7, 11) is 0. The second kappa shape index (κ2) is 19.3. The highest BCUT2D eigenvalue weighted by atomic mass is 16.4. The van der Waals surface area contributed by atoms with Crippen LogP contribution in [0.2, 0.25) is 0 Å². The number of carbonyl (C=O) groups excluding carboxylic acids is 1. The summed E-state index contributed by atoms with van der Waals surface area (Å²) < 4.78 is 0.554. The van der Waals surface area contributed by atoms with Crippen molar-refractivity contribution in [1.82, 2.24) is 0 Å². The van der Waals surface area contributed by atoms with Gasteiger partial charge in [0.05, 0.1) is 38.0 Å². The van der Waals surface area contributed by atoms with Crippen LogP contribution in [0.5, 0.6) is 0 Å². The first kappa shape index (κ1) is 33.1. The minimum atomic E-state index is -1.08. The van der Waals surface area contributed by atoms with E-state index in [4.69, 9.17) is 0 Å². The molecule has 0 aromatic heterocycles. The number of carboxylic acid groups (broad SMARTS) is 3. The van der Waals surface area contributed by atoms with Crippen LogP contribution in [0, 0.1) is 17.8 Å². The van der Waals surface area contributed by atoms with Gasteiger partial charge < -0.3 is 24.6 Å². The molecule has 3 atom stereocenters. The van der Waals surface area contributed by atoms with Crippen molar-refractivity contribution in [3.8, 4) is 0 Å². The summed E-state index contributed by atoms with van der Waals surface area (Å²) in [5, 5.41) is 30.0.